The number of hydrogen-bond donors (Lipinski definition) is 3. The summed E-state index contributed by atoms with van der Waals surface area (Å²) in [5, 5.41) is 9.31. The van der Waals surface area contributed by atoms with E-state index in [1.54, 1.807) is 0 Å². The summed E-state index contributed by atoms with van der Waals surface area (Å²) < 4.78 is 13.1. The summed E-state index contributed by atoms with van der Waals surface area (Å²) in [6.45, 7) is 1.52. The number of aliphatic hydroxyl groups excluding tert-OH is 1. The summed E-state index contributed by atoms with van der Waals surface area (Å²) in [6.07, 6.45) is -0.769. The van der Waals surface area contributed by atoms with Gasteiger partial charge in [-0.25, -0.2) is 4.39 Å². The maximum atomic E-state index is 13.1. The molecule has 0 aliphatic heterocycles. The number of anilines is 1. The van der Waals surface area contributed by atoms with Gasteiger partial charge in [0.1, 0.15) is 5.82 Å². The van der Waals surface area contributed by atoms with Gasteiger partial charge in [0, 0.05) is 0 Å². The Labute approximate surface area is 86.5 Å². The largest absolute Gasteiger partial charge is 0.395 e. The molecule has 3 nitrogen and oxygen atoms in total. The number of rotatable bonds is 2. The van der Waals surface area contributed by atoms with Crippen LogP contribution in [0.1, 0.15) is 18.5 Å². The SMILES string of the molecule is C[C@@H](O)[C@H](N)c1cc(F)c(N)c(Cl)c1. The topological polar surface area (TPSA) is 72.3 Å². The van der Waals surface area contributed by atoms with Crippen LogP contribution in [0.5, 0.6) is 0 Å². The van der Waals surface area contributed by atoms with Gasteiger partial charge in [-0.05, 0) is 24.6 Å². The van der Waals surface area contributed by atoms with Crippen LogP contribution in [0.2, 0.25) is 5.02 Å². The molecule has 0 radical (unpaired) electrons. The predicted molar refractivity (Wildman–Crippen MR) is 54.4 cm³/mol. The normalized spacial score (nSPS) is 15.2. The Kier molecular flexibility index (Phi) is 3.31. The predicted octanol–water partition coefficient (Wildman–Crippen LogP) is 1.44. The molecule has 0 spiro atoms. The lowest BCUT2D eigenvalue weighted by atomic mass is 10.0. The molecule has 0 bridgehead atoms. The number of hydrogen-bond acceptors (Lipinski definition) is 3. The van der Waals surface area contributed by atoms with Crippen LogP contribution in [0, 0.1) is 5.82 Å². The molecular formula is C9H12ClFN2O. The van der Waals surface area contributed by atoms with Crippen molar-refractivity contribution < 1.29 is 9.50 Å². The van der Waals surface area contributed by atoms with Crippen LogP contribution in [0.15, 0.2) is 12.1 Å². The third-order valence-electron chi connectivity index (χ3n) is 2.01. The fourth-order valence-electron chi connectivity index (χ4n) is 1.07. The zero-order chi connectivity index (χ0) is 10.9. The van der Waals surface area contributed by atoms with Crippen molar-refractivity contribution in [2.75, 3.05) is 5.73 Å². The third kappa shape index (κ3) is 2.15. The molecule has 0 amide bonds. The van der Waals surface area contributed by atoms with E-state index in [9.17, 15) is 9.50 Å². The van der Waals surface area contributed by atoms with Crippen molar-refractivity contribution in [3.63, 3.8) is 0 Å². The van der Waals surface area contributed by atoms with Gasteiger partial charge in [0.2, 0.25) is 0 Å². The van der Waals surface area contributed by atoms with Crippen LogP contribution in [0.3, 0.4) is 0 Å². The van der Waals surface area contributed by atoms with Gasteiger partial charge in [-0.2, -0.15) is 0 Å². The second kappa shape index (κ2) is 4.13. The highest BCUT2D eigenvalue weighted by atomic mass is 35.5. The first kappa shape index (κ1) is 11.2. The minimum atomic E-state index is -0.769. The van der Waals surface area contributed by atoms with Crippen LogP contribution in [-0.2, 0) is 0 Å². The first-order chi connectivity index (χ1) is 6.43. The summed E-state index contributed by atoms with van der Waals surface area (Å²) in [5.41, 5.74) is 11.3. The van der Waals surface area contributed by atoms with Crippen molar-refractivity contribution in [1.29, 1.82) is 0 Å². The van der Waals surface area contributed by atoms with E-state index in [4.69, 9.17) is 23.1 Å². The summed E-state index contributed by atoms with van der Waals surface area (Å²) in [6, 6.07) is 1.97. The molecule has 1 aromatic carbocycles. The molecular weight excluding hydrogens is 207 g/mol. The standard InChI is InChI=1S/C9H12ClFN2O/c1-4(14)8(12)5-2-6(10)9(13)7(11)3-5/h2-4,8,14H,12-13H2,1H3/t4-,8+/m1/s1. The average molecular weight is 219 g/mol. The molecule has 0 heterocycles. The second-order valence-electron chi connectivity index (χ2n) is 3.16. The molecule has 78 valence electrons. The molecule has 1 rings (SSSR count). The number of aliphatic hydroxyl groups is 1. The van der Waals surface area contributed by atoms with Crippen LogP contribution in [0.4, 0.5) is 10.1 Å². The minimum Gasteiger partial charge on any atom is -0.395 e. The molecule has 0 aliphatic carbocycles. The van der Waals surface area contributed by atoms with Crippen LogP contribution >= 0.6 is 11.6 Å². The van der Waals surface area contributed by atoms with E-state index in [1.807, 2.05) is 0 Å². The molecule has 0 aromatic heterocycles. The number of nitrogens with two attached hydrogens (primary N) is 2. The van der Waals surface area contributed by atoms with Gasteiger partial charge in [-0.3, -0.25) is 0 Å². The molecule has 0 fully saturated rings. The Morgan fingerprint density at radius 3 is 2.50 bits per heavy atom. The summed E-state index contributed by atoms with van der Waals surface area (Å²) >= 11 is 5.67. The van der Waals surface area contributed by atoms with Gasteiger partial charge in [0.05, 0.1) is 22.9 Å². The van der Waals surface area contributed by atoms with E-state index in [-0.39, 0.29) is 10.7 Å². The van der Waals surface area contributed by atoms with Crippen molar-refractivity contribution >= 4 is 17.3 Å². The fraction of sp³-hybridized carbons (Fsp3) is 0.333. The maximum absolute atomic E-state index is 13.1. The molecule has 0 saturated heterocycles. The van der Waals surface area contributed by atoms with Gasteiger partial charge in [-0.15, -0.1) is 0 Å². The lowest BCUT2D eigenvalue weighted by Crippen LogP contribution is -2.23. The Morgan fingerprint density at radius 2 is 2.07 bits per heavy atom. The van der Waals surface area contributed by atoms with E-state index in [0.29, 0.717) is 5.56 Å². The molecule has 0 unspecified atom stereocenters. The fourth-order valence-corrected chi connectivity index (χ4v) is 1.29. The molecule has 0 aliphatic rings. The second-order valence-corrected chi connectivity index (χ2v) is 3.57. The van der Waals surface area contributed by atoms with Crippen molar-refractivity contribution in [2.24, 2.45) is 5.73 Å². The third-order valence-corrected chi connectivity index (χ3v) is 2.32. The van der Waals surface area contributed by atoms with Crippen LogP contribution < -0.4 is 11.5 Å². The highest BCUT2D eigenvalue weighted by Crippen LogP contribution is 2.27. The van der Waals surface area contributed by atoms with Crippen molar-refractivity contribution in [2.45, 2.75) is 19.1 Å². The zero-order valence-electron chi connectivity index (χ0n) is 7.67. The molecule has 5 N–H and O–H groups in total. The number of nitrogen functional groups attached to an aromatic ring is 1. The smallest absolute Gasteiger partial charge is 0.147 e. The first-order valence-electron chi connectivity index (χ1n) is 4.11. The Hall–Kier alpha value is -0.840. The molecule has 0 saturated carbocycles. The zero-order valence-corrected chi connectivity index (χ0v) is 8.42. The summed E-state index contributed by atoms with van der Waals surface area (Å²) in [4.78, 5) is 0. The van der Waals surface area contributed by atoms with E-state index in [1.165, 1.54) is 19.1 Å². The van der Waals surface area contributed by atoms with Gasteiger partial charge in [0.25, 0.3) is 0 Å². The Morgan fingerprint density at radius 1 is 1.50 bits per heavy atom. The highest BCUT2D eigenvalue weighted by molar-refractivity contribution is 6.33. The quantitative estimate of drug-likeness (QED) is 0.658. The summed E-state index contributed by atoms with van der Waals surface area (Å²) in [5.74, 6) is -0.622. The Bertz CT molecular complexity index is 321. The molecule has 14 heavy (non-hydrogen) atoms. The molecule has 1 aromatic rings. The monoisotopic (exact) mass is 218 g/mol. The van der Waals surface area contributed by atoms with E-state index >= 15 is 0 Å². The van der Waals surface area contributed by atoms with Crippen molar-refractivity contribution in [1.82, 2.24) is 0 Å². The van der Waals surface area contributed by atoms with Gasteiger partial charge in [0.15, 0.2) is 0 Å². The van der Waals surface area contributed by atoms with E-state index in [2.05, 4.69) is 0 Å². The van der Waals surface area contributed by atoms with Gasteiger partial charge in [-0.1, -0.05) is 11.6 Å². The average Bonchev–Trinajstić information content (AvgIpc) is 2.12. The lowest BCUT2D eigenvalue weighted by Gasteiger charge is -2.16. The number of halogens is 2. The number of benzene rings is 1. The molecule has 5 heteroatoms. The molecule has 2 atom stereocenters. The minimum absolute atomic E-state index is 0.104. The lowest BCUT2D eigenvalue weighted by molar-refractivity contribution is 0.164. The highest BCUT2D eigenvalue weighted by Gasteiger charge is 2.15. The summed E-state index contributed by atoms with van der Waals surface area (Å²) in [7, 11) is 0. The van der Waals surface area contributed by atoms with Crippen molar-refractivity contribution in [3.05, 3.63) is 28.5 Å². The van der Waals surface area contributed by atoms with Gasteiger partial charge < -0.3 is 16.6 Å². The van der Waals surface area contributed by atoms with E-state index < -0.39 is 18.0 Å². The van der Waals surface area contributed by atoms with Crippen LogP contribution in [-0.4, -0.2) is 11.2 Å². The van der Waals surface area contributed by atoms with E-state index in [0.717, 1.165) is 0 Å². The van der Waals surface area contributed by atoms with Crippen LogP contribution in [0.25, 0.3) is 0 Å². The first-order valence-corrected chi connectivity index (χ1v) is 4.49. The maximum Gasteiger partial charge on any atom is 0.147 e. The Balaban J connectivity index is 3.12. The van der Waals surface area contributed by atoms with Crippen molar-refractivity contribution in [3.8, 4) is 0 Å². The van der Waals surface area contributed by atoms with Gasteiger partial charge >= 0.3 is 0 Å².